The molecule has 0 spiro atoms. The van der Waals surface area contributed by atoms with Crippen LogP contribution in [0.2, 0.25) is 5.02 Å². The van der Waals surface area contributed by atoms with Gasteiger partial charge in [-0.1, -0.05) is 31.0 Å². The fourth-order valence-corrected chi connectivity index (χ4v) is 2.96. The van der Waals surface area contributed by atoms with Crippen molar-refractivity contribution in [1.29, 1.82) is 0 Å². The lowest BCUT2D eigenvalue weighted by molar-refractivity contribution is -0.145. The van der Waals surface area contributed by atoms with Crippen LogP contribution in [0.25, 0.3) is 0 Å². The number of aromatic nitrogens is 1. The van der Waals surface area contributed by atoms with E-state index in [1.807, 2.05) is 6.92 Å². The molecule has 0 unspecified atom stereocenters. The number of unbranched alkanes of at least 4 members (excludes halogenated alkanes) is 1. The average molecular weight is 374 g/mol. The number of benzene rings is 1. The minimum Gasteiger partial charge on any atom is -0.464 e. The van der Waals surface area contributed by atoms with Crippen molar-refractivity contribution in [3.8, 4) is 5.75 Å². The monoisotopic (exact) mass is 373 g/mol. The van der Waals surface area contributed by atoms with Gasteiger partial charge in [0, 0.05) is 23.5 Å². The van der Waals surface area contributed by atoms with Crippen molar-refractivity contribution in [3.63, 3.8) is 0 Å². The molecule has 0 saturated carbocycles. The highest BCUT2D eigenvalue weighted by molar-refractivity contribution is 6.31. The first-order valence-corrected chi connectivity index (χ1v) is 8.86. The minimum absolute atomic E-state index is 0.409. The van der Waals surface area contributed by atoms with Crippen LogP contribution >= 0.6 is 11.6 Å². The summed E-state index contributed by atoms with van der Waals surface area (Å²) in [7, 11) is 0. The smallest absolute Gasteiger partial charge is 0.282 e. The van der Waals surface area contributed by atoms with E-state index >= 15 is 0 Å². The zero-order valence-electron chi connectivity index (χ0n) is 14.7. The molecule has 6 nitrogen and oxygen atoms in total. The molecule has 7 heteroatoms. The number of amides is 2. The number of nitrogens with zero attached hydrogens (tertiary/aromatic N) is 2. The molecular weight excluding hydrogens is 354 g/mol. The molecule has 0 saturated heterocycles. The van der Waals surface area contributed by atoms with Gasteiger partial charge in [-0.25, -0.2) is 4.98 Å². The molecule has 1 aliphatic heterocycles. The Morgan fingerprint density at radius 3 is 2.88 bits per heavy atom. The molecule has 2 heterocycles. The van der Waals surface area contributed by atoms with Crippen LogP contribution in [-0.4, -0.2) is 28.9 Å². The maximum atomic E-state index is 13.1. The summed E-state index contributed by atoms with van der Waals surface area (Å²) in [5.74, 6) is -0.136. The van der Waals surface area contributed by atoms with Gasteiger partial charge < -0.3 is 10.1 Å². The van der Waals surface area contributed by atoms with E-state index in [-0.39, 0.29) is 0 Å². The zero-order chi connectivity index (χ0) is 18.7. The largest absolute Gasteiger partial charge is 0.464 e. The SMILES string of the molecule is CCCCN1C(=O)[C@](C)(C(=O)Nc2cccc(Cl)c2)Oc2cccnc21. The van der Waals surface area contributed by atoms with Crippen molar-refractivity contribution < 1.29 is 14.3 Å². The molecule has 1 N–H and O–H groups in total. The van der Waals surface area contributed by atoms with Crippen molar-refractivity contribution in [1.82, 2.24) is 4.98 Å². The van der Waals surface area contributed by atoms with E-state index in [0.717, 1.165) is 12.8 Å². The van der Waals surface area contributed by atoms with Crippen LogP contribution < -0.4 is 15.0 Å². The number of ether oxygens (including phenoxy) is 1. The summed E-state index contributed by atoms with van der Waals surface area (Å²) >= 11 is 5.96. The topological polar surface area (TPSA) is 71.5 Å². The predicted molar refractivity (Wildman–Crippen MR) is 101 cm³/mol. The zero-order valence-corrected chi connectivity index (χ0v) is 15.4. The van der Waals surface area contributed by atoms with E-state index in [9.17, 15) is 9.59 Å². The van der Waals surface area contributed by atoms with E-state index in [1.165, 1.54) is 11.8 Å². The van der Waals surface area contributed by atoms with Gasteiger partial charge in [0.1, 0.15) is 0 Å². The van der Waals surface area contributed by atoms with Crippen molar-refractivity contribution in [2.45, 2.75) is 32.3 Å². The normalized spacial score (nSPS) is 18.9. The van der Waals surface area contributed by atoms with Crippen LogP contribution in [-0.2, 0) is 9.59 Å². The molecule has 0 radical (unpaired) electrons. The Hall–Kier alpha value is -2.60. The highest BCUT2D eigenvalue weighted by atomic mass is 35.5. The maximum absolute atomic E-state index is 13.1. The molecule has 2 aromatic rings. The number of nitrogens with one attached hydrogen (secondary N) is 1. The summed E-state index contributed by atoms with van der Waals surface area (Å²) in [6.45, 7) is 3.99. The summed E-state index contributed by atoms with van der Waals surface area (Å²) in [5.41, 5.74) is -1.19. The van der Waals surface area contributed by atoms with Crippen LogP contribution in [0.3, 0.4) is 0 Å². The number of carbonyl (C=O) groups excluding carboxylic acids is 2. The molecule has 1 aromatic carbocycles. The van der Waals surface area contributed by atoms with Crippen molar-refractivity contribution in [2.75, 3.05) is 16.8 Å². The summed E-state index contributed by atoms with van der Waals surface area (Å²) in [6, 6.07) is 10.2. The van der Waals surface area contributed by atoms with Crippen LogP contribution in [0.4, 0.5) is 11.5 Å². The lowest BCUT2D eigenvalue weighted by Gasteiger charge is -2.38. The molecule has 1 atom stereocenters. The first-order valence-electron chi connectivity index (χ1n) is 8.48. The van der Waals surface area contributed by atoms with Gasteiger partial charge in [0.25, 0.3) is 17.4 Å². The number of hydrogen-bond acceptors (Lipinski definition) is 4. The Kier molecular flexibility index (Phi) is 5.13. The van der Waals surface area contributed by atoms with E-state index in [0.29, 0.717) is 28.8 Å². The molecule has 0 aliphatic carbocycles. The van der Waals surface area contributed by atoms with Gasteiger partial charge in [0.2, 0.25) is 0 Å². The highest BCUT2D eigenvalue weighted by Crippen LogP contribution is 2.36. The van der Waals surface area contributed by atoms with Crippen LogP contribution in [0.5, 0.6) is 5.75 Å². The van der Waals surface area contributed by atoms with Gasteiger partial charge in [-0.05, 0) is 43.7 Å². The quantitative estimate of drug-likeness (QED) is 0.812. The Morgan fingerprint density at radius 1 is 1.35 bits per heavy atom. The number of halogens is 1. The second-order valence-corrected chi connectivity index (χ2v) is 6.67. The molecule has 1 aromatic heterocycles. The molecule has 3 rings (SSSR count). The second-order valence-electron chi connectivity index (χ2n) is 6.24. The Morgan fingerprint density at radius 2 is 2.15 bits per heavy atom. The van der Waals surface area contributed by atoms with Crippen LogP contribution in [0, 0.1) is 0 Å². The minimum atomic E-state index is -1.69. The van der Waals surface area contributed by atoms with Crippen molar-refractivity contribution in [3.05, 3.63) is 47.6 Å². The molecule has 0 bridgehead atoms. The van der Waals surface area contributed by atoms with Gasteiger partial charge in [-0.2, -0.15) is 0 Å². The van der Waals surface area contributed by atoms with E-state index in [1.54, 1.807) is 42.6 Å². The van der Waals surface area contributed by atoms with Gasteiger partial charge in [-0.3, -0.25) is 14.5 Å². The summed E-state index contributed by atoms with van der Waals surface area (Å²) in [4.78, 5) is 31.8. The number of pyridine rings is 1. The Labute approximate surface area is 157 Å². The Bertz CT molecular complexity index is 842. The van der Waals surface area contributed by atoms with Gasteiger partial charge in [0.05, 0.1) is 0 Å². The third-order valence-electron chi connectivity index (χ3n) is 4.22. The molecule has 1 aliphatic rings. The summed E-state index contributed by atoms with van der Waals surface area (Å²) in [5, 5.41) is 3.20. The van der Waals surface area contributed by atoms with E-state index in [2.05, 4.69) is 10.3 Å². The van der Waals surface area contributed by atoms with Gasteiger partial charge in [-0.15, -0.1) is 0 Å². The number of anilines is 2. The van der Waals surface area contributed by atoms with E-state index in [4.69, 9.17) is 16.3 Å². The van der Waals surface area contributed by atoms with Gasteiger partial charge >= 0.3 is 0 Å². The third-order valence-corrected chi connectivity index (χ3v) is 4.46. The van der Waals surface area contributed by atoms with E-state index < -0.39 is 17.4 Å². The average Bonchev–Trinajstić information content (AvgIpc) is 2.62. The summed E-state index contributed by atoms with van der Waals surface area (Å²) in [6.07, 6.45) is 3.31. The standard InChI is InChI=1S/C19H20ClN3O3/c1-3-4-11-23-16-15(9-6-10-21-16)26-19(2,18(23)25)17(24)22-14-8-5-7-13(20)12-14/h5-10,12H,3-4,11H2,1-2H3,(H,22,24)/t19-/m0/s1. The predicted octanol–water partition coefficient (Wildman–Crippen LogP) is 3.66. The second kappa shape index (κ2) is 7.33. The molecule has 2 amide bonds. The van der Waals surface area contributed by atoms with Crippen molar-refractivity contribution in [2.24, 2.45) is 0 Å². The van der Waals surface area contributed by atoms with Crippen LogP contribution in [0.1, 0.15) is 26.7 Å². The number of rotatable bonds is 5. The lowest BCUT2D eigenvalue weighted by atomic mass is 10.0. The fraction of sp³-hybridized carbons (Fsp3) is 0.316. The van der Waals surface area contributed by atoms with Crippen molar-refractivity contribution >= 4 is 34.9 Å². The lowest BCUT2D eigenvalue weighted by Crippen LogP contribution is -2.61. The highest BCUT2D eigenvalue weighted by Gasteiger charge is 2.51. The number of hydrogen-bond donors (Lipinski definition) is 1. The third kappa shape index (κ3) is 3.37. The number of carbonyl (C=O) groups is 2. The molecular formula is C19H20ClN3O3. The molecule has 0 fully saturated rings. The summed E-state index contributed by atoms with van der Waals surface area (Å²) < 4.78 is 5.81. The van der Waals surface area contributed by atoms with Crippen LogP contribution in [0.15, 0.2) is 42.6 Å². The maximum Gasteiger partial charge on any atom is 0.282 e. The van der Waals surface area contributed by atoms with Gasteiger partial charge in [0.15, 0.2) is 11.6 Å². The first kappa shape index (κ1) is 18.2. The Balaban J connectivity index is 1.92. The molecule has 26 heavy (non-hydrogen) atoms. The number of fused-ring (bicyclic) bond motifs is 1. The molecule has 136 valence electrons. The fourth-order valence-electron chi connectivity index (χ4n) is 2.77. The first-order chi connectivity index (χ1) is 12.5.